The van der Waals surface area contributed by atoms with Crippen molar-refractivity contribution in [2.45, 2.75) is 32.5 Å². The summed E-state index contributed by atoms with van der Waals surface area (Å²) in [6.45, 7) is 5.26. The summed E-state index contributed by atoms with van der Waals surface area (Å²) in [5.74, 6) is -0.273. The molecule has 1 amide bonds. The number of fused-ring (bicyclic) bond motifs is 1. The quantitative estimate of drug-likeness (QED) is 0.469. The largest absolute Gasteiger partial charge is 0.347 e. The minimum atomic E-state index is -0.250. The second-order valence-electron chi connectivity index (χ2n) is 8.38. The van der Waals surface area contributed by atoms with E-state index in [9.17, 15) is 9.18 Å². The van der Waals surface area contributed by atoms with Crippen LogP contribution in [0.5, 0.6) is 0 Å². The van der Waals surface area contributed by atoms with Crippen molar-refractivity contribution in [1.82, 2.24) is 20.0 Å². The predicted molar refractivity (Wildman–Crippen MR) is 125 cm³/mol. The topological polar surface area (TPSA) is 50.2 Å². The van der Waals surface area contributed by atoms with Gasteiger partial charge in [0.05, 0.1) is 17.1 Å². The Morgan fingerprint density at radius 2 is 1.88 bits per heavy atom. The molecule has 1 N–H and O–H groups in total. The van der Waals surface area contributed by atoms with Crippen molar-refractivity contribution in [3.8, 4) is 0 Å². The van der Waals surface area contributed by atoms with E-state index in [-0.39, 0.29) is 17.8 Å². The number of aromatic nitrogens is 2. The summed E-state index contributed by atoms with van der Waals surface area (Å²) >= 11 is 1.46. The Morgan fingerprint density at radius 3 is 2.66 bits per heavy atom. The van der Waals surface area contributed by atoms with Gasteiger partial charge in [0.2, 0.25) is 0 Å². The van der Waals surface area contributed by atoms with Gasteiger partial charge >= 0.3 is 0 Å². The van der Waals surface area contributed by atoms with Crippen molar-refractivity contribution in [1.29, 1.82) is 0 Å². The maximum absolute atomic E-state index is 13.2. The maximum Gasteiger partial charge on any atom is 0.261 e. The van der Waals surface area contributed by atoms with Crippen LogP contribution in [-0.2, 0) is 13.1 Å². The molecule has 7 heteroatoms. The molecule has 164 valence electrons. The lowest BCUT2D eigenvalue weighted by atomic mass is 10.2. The van der Waals surface area contributed by atoms with E-state index in [1.807, 2.05) is 23.7 Å². The standard InChI is InChI=1S/C25H25FN4OS/c1-17-22-13-23(32-25(22)30(28-17)15-19-7-9-20(26)10-8-19)24(31)27-21-11-12-29(16-21)14-18-5-3-2-4-6-18/h2-10,13,21H,11-12,14-16H2,1H3,(H,27,31)/t21-/m0/s1. The molecule has 1 aliphatic heterocycles. The molecule has 5 rings (SSSR count). The summed E-state index contributed by atoms with van der Waals surface area (Å²) < 4.78 is 15.1. The molecular weight excluding hydrogens is 423 g/mol. The van der Waals surface area contributed by atoms with Crippen molar-refractivity contribution in [2.24, 2.45) is 0 Å². The second-order valence-corrected chi connectivity index (χ2v) is 9.41. The van der Waals surface area contributed by atoms with E-state index in [1.165, 1.54) is 29.0 Å². The van der Waals surface area contributed by atoms with Gasteiger partial charge in [0.1, 0.15) is 10.6 Å². The van der Waals surface area contributed by atoms with E-state index in [0.29, 0.717) is 11.4 Å². The monoisotopic (exact) mass is 448 g/mol. The average molecular weight is 449 g/mol. The average Bonchev–Trinajstić information content (AvgIpc) is 3.49. The van der Waals surface area contributed by atoms with Crippen LogP contribution < -0.4 is 5.32 Å². The van der Waals surface area contributed by atoms with Crippen LogP contribution in [0.3, 0.4) is 0 Å². The molecule has 2 aromatic heterocycles. The van der Waals surface area contributed by atoms with Gasteiger partial charge in [-0.05, 0) is 42.7 Å². The Balaban J connectivity index is 1.25. The Kier molecular flexibility index (Phi) is 5.76. The molecule has 0 radical (unpaired) electrons. The number of rotatable bonds is 6. The molecule has 0 bridgehead atoms. The molecule has 32 heavy (non-hydrogen) atoms. The Bertz CT molecular complexity index is 1230. The van der Waals surface area contributed by atoms with Gasteiger partial charge in [-0.2, -0.15) is 5.10 Å². The van der Waals surface area contributed by atoms with Gasteiger partial charge in [-0.15, -0.1) is 11.3 Å². The number of likely N-dealkylation sites (tertiary alicyclic amines) is 1. The number of nitrogens with zero attached hydrogens (tertiary/aromatic N) is 3. The number of thiophene rings is 1. The van der Waals surface area contributed by atoms with Crippen LogP contribution in [0.15, 0.2) is 60.7 Å². The van der Waals surface area contributed by atoms with Crippen molar-refractivity contribution in [2.75, 3.05) is 13.1 Å². The minimum absolute atomic E-state index is 0.0227. The van der Waals surface area contributed by atoms with Gasteiger partial charge in [-0.25, -0.2) is 4.39 Å². The molecule has 1 atom stereocenters. The SMILES string of the molecule is Cc1nn(Cc2ccc(F)cc2)c2sc(C(=O)N[C@H]3CCN(Cc4ccccc4)C3)cc12. The highest BCUT2D eigenvalue weighted by atomic mass is 32.1. The summed E-state index contributed by atoms with van der Waals surface area (Å²) in [6.07, 6.45) is 0.959. The number of carbonyl (C=O) groups excluding carboxylic acids is 1. The van der Waals surface area contributed by atoms with E-state index in [0.717, 1.165) is 47.5 Å². The van der Waals surface area contributed by atoms with Gasteiger partial charge in [-0.1, -0.05) is 42.5 Å². The molecule has 4 aromatic rings. The summed E-state index contributed by atoms with van der Waals surface area (Å²) in [4.78, 5) is 17.0. The van der Waals surface area contributed by atoms with E-state index in [4.69, 9.17) is 0 Å². The zero-order chi connectivity index (χ0) is 22.1. The van der Waals surface area contributed by atoms with Crippen molar-refractivity contribution in [3.05, 3.63) is 88.2 Å². The third kappa shape index (κ3) is 4.45. The first-order valence-corrected chi connectivity index (χ1v) is 11.7. The molecule has 0 aliphatic carbocycles. The minimum Gasteiger partial charge on any atom is -0.347 e. The van der Waals surface area contributed by atoms with Crippen molar-refractivity contribution in [3.63, 3.8) is 0 Å². The highest BCUT2D eigenvalue weighted by Crippen LogP contribution is 2.29. The van der Waals surface area contributed by atoms with Gasteiger partial charge in [-0.3, -0.25) is 14.4 Å². The zero-order valence-corrected chi connectivity index (χ0v) is 18.7. The first-order valence-electron chi connectivity index (χ1n) is 10.8. The summed E-state index contributed by atoms with van der Waals surface area (Å²) in [5.41, 5.74) is 3.16. The highest BCUT2D eigenvalue weighted by Gasteiger charge is 2.25. The fraction of sp³-hybridized carbons (Fsp3) is 0.280. The maximum atomic E-state index is 13.2. The number of aryl methyl sites for hydroxylation is 1. The van der Waals surface area contributed by atoms with E-state index in [1.54, 1.807) is 12.1 Å². The van der Waals surface area contributed by atoms with Gasteiger partial charge in [0.15, 0.2) is 0 Å². The lowest BCUT2D eigenvalue weighted by Crippen LogP contribution is -2.36. The van der Waals surface area contributed by atoms with E-state index < -0.39 is 0 Å². The van der Waals surface area contributed by atoms with Gasteiger partial charge in [0, 0.05) is 31.1 Å². The zero-order valence-electron chi connectivity index (χ0n) is 17.9. The van der Waals surface area contributed by atoms with Gasteiger partial charge in [0.25, 0.3) is 5.91 Å². The molecule has 1 saturated heterocycles. The van der Waals surface area contributed by atoms with Crippen LogP contribution >= 0.6 is 11.3 Å². The molecule has 0 saturated carbocycles. The smallest absolute Gasteiger partial charge is 0.261 e. The summed E-state index contributed by atoms with van der Waals surface area (Å²) in [6, 6.07) is 19.0. The predicted octanol–water partition coefficient (Wildman–Crippen LogP) is 4.60. The van der Waals surface area contributed by atoms with Crippen LogP contribution in [0.1, 0.15) is 32.9 Å². The van der Waals surface area contributed by atoms with Crippen molar-refractivity contribution < 1.29 is 9.18 Å². The molecular formula is C25H25FN4OS. The molecule has 1 aliphatic rings. The van der Waals surface area contributed by atoms with Gasteiger partial charge < -0.3 is 5.32 Å². The Labute approximate surface area is 190 Å². The number of benzene rings is 2. The molecule has 0 unspecified atom stereocenters. The summed E-state index contributed by atoms with van der Waals surface area (Å²) in [5, 5.41) is 8.83. The van der Waals surface area contributed by atoms with Crippen molar-refractivity contribution >= 4 is 27.5 Å². The van der Waals surface area contributed by atoms with Crippen LogP contribution in [0.25, 0.3) is 10.2 Å². The third-order valence-corrected chi connectivity index (χ3v) is 7.08. The summed E-state index contributed by atoms with van der Waals surface area (Å²) in [7, 11) is 0. The molecule has 3 heterocycles. The number of amides is 1. The molecule has 1 fully saturated rings. The fourth-order valence-electron chi connectivity index (χ4n) is 4.29. The molecule has 0 spiro atoms. The Hall–Kier alpha value is -3.03. The number of halogens is 1. The number of nitrogens with one attached hydrogen (secondary N) is 1. The Morgan fingerprint density at radius 1 is 1.12 bits per heavy atom. The fourth-order valence-corrected chi connectivity index (χ4v) is 5.35. The first-order chi connectivity index (χ1) is 15.5. The van der Waals surface area contributed by atoms with Crippen LogP contribution in [-0.4, -0.2) is 39.7 Å². The van der Waals surface area contributed by atoms with Crippen LogP contribution in [0, 0.1) is 12.7 Å². The van der Waals surface area contributed by atoms with E-state index in [2.05, 4.69) is 39.6 Å². The van der Waals surface area contributed by atoms with Crippen LogP contribution in [0.4, 0.5) is 4.39 Å². The molecule has 2 aromatic carbocycles. The molecule has 5 nitrogen and oxygen atoms in total. The normalized spacial score (nSPS) is 16.6. The number of carbonyl (C=O) groups is 1. The number of hydrogen-bond acceptors (Lipinski definition) is 4. The second kappa shape index (κ2) is 8.84. The highest BCUT2D eigenvalue weighted by molar-refractivity contribution is 7.20. The van der Waals surface area contributed by atoms with E-state index >= 15 is 0 Å². The number of hydrogen-bond donors (Lipinski definition) is 1. The lowest BCUT2D eigenvalue weighted by Gasteiger charge is -2.16. The third-order valence-electron chi connectivity index (χ3n) is 5.93. The first kappa shape index (κ1) is 20.8. The van der Waals surface area contributed by atoms with Crippen LogP contribution in [0.2, 0.25) is 0 Å². The lowest BCUT2D eigenvalue weighted by molar-refractivity contribution is 0.0942.